The molecule has 5 aromatic rings. The number of aryl methyl sites for hydroxylation is 1. The van der Waals surface area contributed by atoms with Gasteiger partial charge in [-0.15, -0.1) is 0 Å². The molecular weight excluding hydrogens is 350 g/mol. The molecule has 0 radical (unpaired) electrons. The van der Waals surface area contributed by atoms with Crippen LogP contribution in [0.25, 0.3) is 38.6 Å². The Balaban J connectivity index is 1.86. The second-order valence-electron chi connectivity index (χ2n) is 8.74. The largest absolute Gasteiger partial charge is 0.309 e. The number of hydrogen-bond donors (Lipinski definition) is 0. The fourth-order valence-corrected chi connectivity index (χ4v) is 5.27. The molecular formula is C28H23N. The van der Waals surface area contributed by atoms with Crippen LogP contribution in [0.5, 0.6) is 0 Å². The normalized spacial score (nSPS) is 14.3. The van der Waals surface area contributed by atoms with Crippen molar-refractivity contribution in [3.05, 3.63) is 102 Å². The average Bonchev–Trinajstić information content (AvgIpc) is 3.18. The highest BCUT2D eigenvalue weighted by Crippen LogP contribution is 2.53. The summed E-state index contributed by atoms with van der Waals surface area (Å²) in [5.41, 5.74) is 10.7. The van der Waals surface area contributed by atoms with E-state index < -0.39 is 0 Å². The molecule has 0 amide bonds. The summed E-state index contributed by atoms with van der Waals surface area (Å²) in [4.78, 5) is 0. The molecule has 1 aliphatic carbocycles. The molecule has 0 atom stereocenters. The maximum absolute atomic E-state index is 2.42. The van der Waals surface area contributed by atoms with Crippen LogP contribution in [0.4, 0.5) is 0 Å². The molecule has 0 unspecified atom stereocenters. The minimum absolute atomic E-state index is 0.0198. The van der Waals surface area contributed by atoms with Crippen molar-refractivity contribution in [3.8, 4) is 16.8 Å². The minimum atomic E-state index is 0.0198. The topological polar surface area (TPSA) is 4.93 Å². The quantitative estimate of drug-likeness (QED) is 0.288. The number of benzene rings is 4. The van der Waals surface area contributed by atoms with Gasteiger partial charge in [0.25, 0.3) is 0 Å². The second kappa shape index (κ2) is 5.61. The van der Waals surface area contributed by atoms with Crippen LogP contribution in [-0.4, -0.2) is 4.57 Å². The van der Waals surface area contributed by atoms with E-state index in [2.05, 4.69) is 110 Å². The molecule has 29 heavy (non-hydrogen) atoms. The Morgan fingerprint density at radius 3 is 2.28 bits per heavy atom. The van der Waals surface area contributed by atoms with Crippen LogP contribution in [0.3, 0.4) is 0 Å². The highest BCUT2D eigenvalue weighted by Gasteiger charge is 2.37. The van der Waals surface area contributed by atoms with E-state index in [1.807, 2.05) is 0 Å². The Kier molecular flexibility index (Phi) is 3.21. The fraction of sp³-hybridized carbons (Fsp3) is 0.143. The summed E-state index contributed by atoms with van der Waals surface area (Å²) in [6.45, 7) is 6.88. The highest BCUT2D eigenvalue weighted by molar-refractivity contribution is 6.18. The zero-order valence-corrected chi connectivity index (χ0v) is 17.0. The smallest absolute Gasteiger partial charge is 0.0547 e. The van der Waals surface area contributed by atoms with Crippen LogP contribution in [0.15, 0.2) is 84.9 Å². The first-order valence-electron chi connectivity index (χ1n) is 10.3. The highest BCUT2D eigenvalue weighted by atomic mass is 15.0. The number of hydrogen-bond acceptors (Lipinski definition) is 0. The van der Waals surface area contributed by atoms with Gasteiger partial charge in [0, 0.05) is 21.9 Å². The lowest BCUT2D eigenvalue weighted by atomic mass is 9.82. The first-order valence-corrected chi connectivity index (χ1v) is 10.3. The Labute approximate surface area is 171 Å². The van der Waals surface area contributed by atoms with E-state index in [-0.39, 0.29) is 5.41 Å². The average molecular weight is 373 g/mol. The van der Waals surface area contributed by atoms with Crippen molar-refractivity contribution in [3.63, 3.8) is 0 Å². The predicted octanol–water partition coefficient (Wildman–Crippen LogP) is 7.40. The van der Waals surface area contributed by atoms with Crippen LogP contribution in [-0.2, 0) is 5.41 Å². The van der Waals surface area contributed by atoms with E-state index in [1.165, 1.54) is 55.3 Å². The first-order chi connectivity index (χ1) is 14.1. The number of para-hydroxylation sites is 1. The lowest BCUT2D eigenvalue weighted by molar-refractivity contribution is 0.661. The van der Waals surface area contributed by atoms with Crippen molar-refractivity contribution in [1.82, 2.24) is 4.57 Å². The minimum Gasteiger partial charge on any atom is -0.309 e. The molecule has 0 fully saturated rings. The van der Waals surface area contributed by atoms with Crippen molar-refractivity contribution < 1.29 is 0 Å². The number of fused-ring (bicyclic) bond motifs is 7. The van der Waals surface area contributed by atoms with Crippen LogP contribution in [0, 0.1) is 6.92 Å². The van der Waals surface area contributed by atoms with Crippen molar-refractivity contribution in [1.29, 1.82) is 0 Å². The van der Waals surface area contributed by atoms with Gasteiger partial charge in [-0.05, 0) is 59.0 Å². The van der Waals surface area contributed by atoms with Gasteiger partial charge in [-0.1, -0.05) is 74.5 Å². The summed E-state index contributed by atoms with van der Waals surface area (Å²) in [7, 11) is 0. The van der Waals surface area contributed by atoms with Gasteiger partial charge < -0.3 is 4.57 Å². The van der Waals surface area contributed by atoms with E-state index in [9.17, 15) is 0 Å². The summed E-state index contributed by atoms with van der Waals surface area (Å²) in [5.74, 6) is 0. The van der Waals surface area contributed by atoms with Crippen LogP contribution < -0.4 is 0 Å². The zero-order chi connectivity index (χ0) is 19.8. The van der Waals surface area contributed by atoms with Gasteiger partial charge in [0.1, 0.15) is 0 Å². The second-order valence-corrected chi connectivity index (χ2v) is 8.74. The summed E-state index contributed by atoms with van der Waals surface area (Å²) in [6.07, 6.45) is 0. The molecule has 140 valence electrons. The molecule has 0 spiro atoms. The zero-order valence-electron chi connectivity index (χ0n) is 17.0. The Morgan fingerprint density at radius 2 is 1.45 bits per heavy atom. The van der Waals surface area contributed by atoms with E-state index in [0.717, 1.165) is 0 Å². The SMILES string of the molecule is Cc1ccc2c3c4c(ccc3n(-c3ccccc3)c2c1)C(C)(C)c1ccccc1-4. The molecule has 0 saturated carbocycles. The summed E-state index contributed by atoms with van der Waals surface area (Å²) < 4.78 is 2.42. The third-order valence-electron chi connectivity index (χ3n) is 6.65. The summed E-state index contributed by atoms with van der Waals surface area (Å²) >= 11 is 0. The van der Waals surface area contributed by atoms with Gasteiger partial charge in [0.15, 0.2) is 0 Å². The van der Waals surface area contributed by atoms with Crippen molar-refractivity contribution in [2.45, 2.75) is 26.2 Å². The molecule has 4 aromatic carbocycles. The summed E-state index contributed by atoms with van der Waals surface area (Å²) in [6, 6.07) is 31.2. The molecule has 1 nitrogen and oxygen atoms in total. The number of aromatic nitrogens is 1. The van der Waals surface area contributed by atoms with Gasteiger partial charge in [-0.25, -0.2) is 0 Å². The monoisotopic (exact) mass is 373 g/mol. The maximum Gasteiger partial charge on any atom is 0.0547 e. The molecule has 1 aliphatic rings. The van der Waals surface area contributed by atoms with E-state index in [4.69, 9.17) is 0 Å². The first kappa shape index (κ1) is 16.6. The number of nitrogens with zero attached hydrogens (tertiary/aromatic N) is 1. The Bertz CT molecular complexity index is 1420. The van der Waals surface area contributed by atoms with E-state index >= 15 is 0 Å². The molecule has 0 bridgehead atoms. The fourth-order valence-electron chi connectivity index (χ4n) is 5.27. The molecule has 0 aliphatic heterocycles. The van der Waals surface area contributed by atoms with Crippen LogP contribution in [0.2, 0.25) is 0 Å². The van der Waals surface area contributed by atoms with E-state index in [1.54, 1.807) is 0 Å². The molecule has 0 N–H and O–H groups in total. The Hall–Kier alpha value is -3.32. The van der Waals surface area contributed by atoms with Gasteiger partial charge in [-0.2, -0.15) is 0 Å². The molecule has 1 heterocycles. The van der Waals surface area contributed by atoms with Gasteiger partial charge in [0.2, 0.25) is 0 Å². The van der Waals surface area contributed by atoms with E-state index in [0.29, 0.717) is 0 Å². The van der Waals surface area contributed by atoms with Crippen molar-refractivity contribution in [2.24, 2.45) is 0 Å². The van der Waals surface area contributed by atoms with Gasteiger partial charge in [-0.3, -0.25) is 0 Å². The van der Waals surface area contributed by atoms with Crippen LogP contribution >= 0.6 is 0 Å². The maximum atomic E-state index is 2.42. The van der Waals surface area contributed by atoms with Gasteiger partial charge >= 0.3 is 0 Å². The number of rotatable bonds is 1. The molecule has 1 aromatic heterocycles. The van der Waals surface area contributed by atoms with Crippen molar-refractivity contribution >= 4 is 21.8 Å². The molecule has 6 rings (SSSR count). The molecule has 0 saturated heterocycles. The molecule has 1 heteroatoms. The summed E-state index contributed by atoms with van der Waals surface area (Å²) in [5, 5.41) is 2.71. The lowest BCUT2D eigenvalue weighted by Crippen LogP contribution is -2.14. The standard InChI is InChI=1S/C28H23N/c1-18-13-14-21-25(17-18)29(19-9-5-4-6-10-19)24-16-15-23-26(27(21)24)20-11-7-8-12-22(20)28(23,2)3/h4-17H,1-3H3. The third kappa shape index (κ3) is 2.10. The predicted molar refractivity (Wildman–Crippen MR) is 123 cm³/mol. The lowest BCUT2D eigenvalue weighted by Gasteiger charge is -2.21. The Morgan fingerprint density at radius 1 is 0.690 bits per heavy atom. The van der Waals surface area contributed by atoms with Gasteiger partial charge in [0.05, 0.1) is 11.0 Å². The third-order valence-corrected chi connectivity index (χ3v) is 6.65. The van der Waals surface area contributed by atoms with Crippen molar-refractivity contribution in [2.75, 3.05) is 0 Å². The van der Waals surface area contributed by atoms with Crippen LogP contribution in [0.1, 0.15) is 30.5 Å².